The molecule has 2 rings (SSSR count). The summed E-state index contributed by atoms with van der Waals surface area (Å²) in [5.74, 6) is -0.510. The molecule has 0 radical (unpaired) electrons. The van der Waals surface area contributed by atoms with E-state index in [2.05, 4.69) is 5.32 Å². The second-order valence-corrected chi connectivity index (χ2v) is 6.27. The lowest BCUT2D eigenvalue weighted by Gasteiger charge is -2.41. The molecule has 2 aliphatic heterocycles. The van der Waals surface area contributed by atoms with E-state index in [1.165, 1.54) is 0 Å². The van der Waals surface area contributed by atoms with E-state index >= 15 is 0 Å². The van der Waals surface area contributed by atoms with Crippen LogP contribution in [0, 0.1) is 11.8 Å². The maximum atomic E-state index is 12.1. The first kappa shape index (κ1) is 14.1. The van der Waals surface area contributed by atoms with Crippen molar-refractivity contribution in [3.05, 3.63) is 12.2 Å². The predicted molar refractivity (Wildman–Crippen MR) is 69.4 cm³/mol. The summed E-state index contributed by atoms with van der Waals surface area (Å²) in [7, 11) is 0. The van der Waals surface area contributed by atoms with Crippen molar-refractivity contribution in [3.63, 3.8) is 0 Å². The van der Waals surface area contributed by atoms with Gasteiger partial charge in [0.1, 0.15) is 11.4 Å². The van der Waals surface area contributed by atoms with Crippen molar-refractivity contribution in [1.82, 2.24) is 5.32 Å². The fourth-order valence-corrected chi connectivity index (χ4v) is 2.47. The first-order valence-corrected chi connectivity index (χ1v) is 6.57. The molecule has 0 aromatic heterocycles. The largest absolute Gasteiger partial charge is 0.444 e. The summed E-state index contributed by atoms with van der Waals surface area (Å²) in [4.78, 5) is 24.0. The van der Waals surface area contributed by atoms with Gasteiger partial charge in [-0.3, -0.25) is 10.1 Å². The Kier molecular flexibility index (Phi) is 3.21. The van der Waals surface area contributed by atoms with Crippen LogP contribution >= 0.6 is 0 Å². The number of hydrogen-bond donors (Lipinski definition) is 1. The van der Waals surface area contributed by atoms with E-state index < -0.39 is 23.3 Å². The van der Waals surface area contributed by atoms with Crippen LogP contribution in [-0.4, -0.2) is 29.3 Å². The monoisotopic (exact) mass is 267 g/mol. The van der Waals surface area contributed by atoms with Crippen LogP contribution in [-0.2, 0) is 14.3 Å². The fourth-order valence-electron chi connectivity index (χ4n) is 2.47. The summed E-state index contributed by atoms with van der Waals surface area (Å²) >= 11 is 0. The van der Waals surface area contributed by atoms with Crippen LogP contribution < -0.4 is 5.32 Å². The maximum absolute atomic E-state index is 12.1. The molecule has 5 nitrogen and oxygen atoms in total. The van der Waals surface area contributed by atoms with E-state index in [0.717, 1.165) is 0 Å². The third-order valence-electron chi connectivity index (χ3n) is 3.57. The van der Waals surface area contributed by atoms with Gasteiger partial charge < -0.3 is 9.47 Å². The number of ketones is 1. The van der Waals surface area contributed by atoms with Crippen LogP contribution in [0.25, 0.3) is 0 Å². The molecule has 0 saturated carbocycles. The van der Waals surface area contributed by atoms with Crippen LogP contribution in [0.4, 0.5) is 4.79 Å². The van der Waals surface area contributed by atoms with Gasteiger partial charge in [-0.05, 0) is 26.8 Å². The molecule has 2 bridgehead atoms. The molecule has 0 spiro atoms. The van der Waals surface area contributed by atoms with Gasteiger partial charge in [0, 0.05) is 5.92 Å². The van der Waals surface area contributed by atoms with Gasteiger partial charge >= 0.3 is 6.09 Å². The second-order valence-electron chi connectivity index (χ2n) is 6.27. The molecule has 2 aliphatic rings. The van der Waals surface area contributed by atoms with Gasteiger partial charge in [-0.15, -0.1) is 0 Å². The average Bonchev–Trinajstić information content (AvgIpc) is 2.64. The third kappa shape index (κ3) is 2.52. The van der Waals surface area contributed by atoms with Crippen molar-refractivity contribution in [2.75, 3.05) is 0 Å². The highest BCUT2D eigenvalue weighted by molar-refractivity contribution is 5.87. The number of hydrogen-bond acceptors (Lipinski definition) is 4. The highest BCUT2D eigenvalue weighted by atomic mass is 16.6. The molecule has 19 heavy (non-hydrogen) atoms. The third-order valence-corrected chi connectivity index (χ3v) is 3.57. The zero-order valence-electron chi connectivity index (χ0n) is 12.0. The van der Waals surface area contributed by atoms with E-state index in [9.17, 15) is 9.59 Å². The standard InChI is InChI=1S/C14H21NO4/c1-8-10-6-7-14(18-10,9(2)11(8)16)15-12(17)19-13(3,4)5/h6-10H,1-5H3,(H,15,17). The molecular formula is C14H21NO4. The molecule has 1 fully saturated rings. The Morgan fingerprint density at radius 2 is 2.05 bits per heavy atom. The number of alkyl carbamates (subject to hydrolysis) is 1. The summed E-state index contributed by atoms with van der Waals surface area (Å²) in [5, 5.41) is 2.69. The van der Waals surface area contributed by atoms with Gasteiger partial charge in [-0.1, -0.05) is 19.9 Å². The topological polar surface area (TPSA) is 64.6 Å². The Bertz CT molecular complexity index is 437. The van der Waals surface area contributed by atoms with Crippen LogP contribution in [0.5, 0.6) is 0 Å². The predicted octanol–water partition coefficient (Wildman–Crippen LogP) is 2.02. The lowest BCUT2D eigenvalue weighted by molar-refractivity contribution is -0.163. The van der Waals surface area contributed by atoms with Crippen LogP contribution in [0.2, 0.25) is 0 Å². The lowest BCUT2D eigenvalue weighted by Crippen LogP contribution is -2.60. The fraction of sp³-hybridized carbons (Fsp3) is 0.714. The first-order chi connectivity index (χ1) is 8.65. The van der Waals surface area contributed by atoms with Crippen molar-refractivity contribution >= 4 is 11.9 Å². The summed E-state index contributed by atoms with van der Waals surface area (Å²) < 4.78 is 11.0. The number of carbonyl (C=O) groups is 2. The Hall–Kier alpha value is -1.36. The molecule has 4 unspecified atom stereocenters. The molecular weight excluding hydrogens is 246 g/mol. The molecule has 1 amide bonds. The van der Waals surface area contributed by atoms with Crippen LogP contribution in [0.3, 0.4) is 0 Å². The van der Waals surface area contributed by atoms with E-state index in [0.29, 0.717) is 0 Å². The first-order valence-electron chi connectivity index (χ1n) is 6.57. The molecule has 5 heteroatoms. The Balaban J connectivity index is 2.14. The molecule has 106 valence electrons. The van der Waals surface area contributed by atoms with Gasteiger partial charge in [0.15, 0.2) is 5.72 Å². The minimum absolute atomic E-state index is 0.0947. The number of Topliss-reactive ketones (excluding diaryl/α,β-unsaturated/α-hetero) is 1. The minimum Gasteiger partial charge on any atom is -0.444 e. The van der Waals surface area contributed by atoms with E-state index in [1.54, 1.807) is 33.8 Å². The number of nitrogens with one attached hydrogen (secondary N) is 1. The number of ether oxygens (including phenoxy) is 2. The molecule has 1 N–H and O–H groups in total. The van der Waals surface area contributed by atoms with E-state index in [4.69, 9.17) is 9.47 Å². The highest BCUT2D eigenvalue weighted by Gasteiger charge is 2.53. The summed E-state index contributed by atoms with van der Waals surface area (Å²) in [6, 6.07) is 0. The maximum Gasteiger partial charge on any atom is 0.410 e. The quantitative estimate of drug-likeness (QED) is 0.738. The Labute approximate surface area is 113 Å². The number of fused-ring (bicyclic) bond motifs is 2. The van der Waals surface area contributed by atoms with Crippen LogP contribution in [0.15, 0.2) is 12.2 Å². The molecule has 0 aromatic rings. The van der Waals surface area contributed by atoms with Crippen molar-refractivity contribution in [3.8, 4) is 0 Å². The number of carbonyl (C=O) groups excluding carboxylic acids is 2. The summed E-state index contributed by atoms with van der Waals surface area (Å²) in [6.45, 7) is 8.97. The number of amides is 1. The minimum atomic E-state index is -1.06. The van der Waals surface area contributed by atoms with Crippen LogP contribution in [0.1, 0.15) is 34.6 Å². The van der Waals surface area contributed by atoms with Gasteiger partial charge in [-0.25, -0.2) is 4.79 Å². The SMILES string of the molecule is CC1C(=O)C(C)C2(NC(=O)OC(C)(C)C)C=CC1O2. The van der Waals surface area contributed by atoms with Gasteiger partial charge in [-0.2, -0.15) is 0 Å². The average molecular weight is 267 g/mol. The lowest BCUT2D eigenvalue weighted by atomic mass is 9.84. The highest BCUT2D eigenvalue weighted by Crippen LogP contribution is 2.39. The smallest absolute Gasteiger partial charge is 0.410 e. The molecule has 1 saturated heterocycles. The molecule has 0 aromatic carbocycles. The Morgan fingerprint density at radius 3 is 2.63 bits per heavy atom. The number of rotatable bonds is 1. The van der Waals surface area contributed by atoms with Crippen molar-refractivity contribution < 1.29 is 19.1 Å². The van der Waals surface area contributed by atoms with E-state index in [-0.39, 0.29) is 17.8 Å². The van der Waals surface area contributed by atoms with Gasteiger partial charge in [0.2, 0.25) is 0 Å². The van der Waals surface area contributed by atoms with E-state index in [1.807, 2.05) is 13.0 Å². The molecule has 2 heterocycles. The molecule has 4 atom stereocenters. The van der Waals surface area contributed by atoms with Crippen molar-refractivity contribution in [2.24, 2.45) is 11.8 Å². The summed E-state index contributed by atoms with van der Waals surface area (Å²) in [6.07, 6.45) is 2.75. The van der Waals surface area contributed by atoms with Gasteiger partial charge in [0.05, 0.1) is 12.0 Å². The second kappa shape index (κ2) is 4.34. The van der Waals surface area contributed by atoms with Crippen molar-refractivity contribution in [1.29, 1.82) is 0 Å². The zero-order valence-corrected chi connectivity index (χ0v) is 12.0. The normalized spacial score (nSPS) is 37.3. The van der Waals surface area contributed by atoms with Gasteiger partial charge in [0.25, 0.3) is 0 Å². The summed E-state index contributed by atoms with van der Waals surface area (Å²) in [5.41, 5.74) is -1.64. The Morgan fingerprint density at radius 1 is 1.42 bits per heavy atom. The van der Waals surface area contributed by atoms with Crippen molar-refractivity contribution in [2.45, 2.75) is 52.0 Å². The zero-order chi connectivity index (χ0) is 14.4. The molecule has 0 aliphatic carbocycles.